The van der Waals surface area contributed by atoms with Crippen molar-refractivity contribution in [1.82, 2.24) is 19.5 Å². The zero-order valence-corrected chi connectivity index (χ0v) is 16.6. The van der Waals surface area contributed by atoms with Crippen LogP contribution >= 0.6 is 19.9 Å². The molecule has 6 atom stereocenters. The number of halogens is 1. The van der Waals surface area contributed by atoms with E-state index in [9.17, 15) is 15.0 Å². The number of hydrogen-bond donors (Lipinski definition) is 5. The van der Waals surface area contributed by atoms with Gasteiger partial charge in [-0.15, -0.1) is 0 Å². The molecule has 0 saturated carbocycles. The molecule has 2 aromatic rings. The van der Waals surface area contributed by atoms with Gasteiger partial charge in [-0.1, -0.05) is 10.7 Å². The van der Waals surface area contributed by atoms with Crippen LogP contribution in [0.2, 0.25) is 0 Å². The molecule has 13 heteroatoms. The largest absolute Gasteiger partial charge is 0.480 e. The molecule has 1 aliphatic rings. The van der Waals surface area contributed by atoms with Crippen molar-refractivity contribution in [3.05, 3.63) is 12.7 Å². The molecule has 7 N–H and O–H groups in total. The molecule has 28 heavy (non-hydrogen) atoms. The third-order valence-corrected chi connectivity index (χ3v) is 7.63. The van der Waals surface area contributed by atoms with E-state index in [4.69, 9.17) is 32.0 Å². The molecule has 1 fully saturated rings. The van der Waals surface area contributed by atoms with E-state index in [-0.39, 0.29) is 18.0 Å². The van der Waals surface area contributed by atoms with Crippen LogP contribution in [0.25, 0.3) is 11.2 Å². The molecule has 0 amide bonds. The van der Waals surface area contributed by atoms with Gasteiger partial charge in [0.2, 0.25) is 0 Å². The lowest BCUT2D eigenvalue weighted by molar-refractivity contribution is -0.138. The summed E-state index contributed by atoms with van der Waals surface area (Å²) in [6.45, 7) is 0. The number of aromatic nitrogens is 4. The first-order chi connectivity index (χ1) is 13.1. The summed E-state index contributed by atoms with van der Waals surface area (Å²) in [6.07, 6.45) is 0.615. The smallest absolute Gasteiger partial charge is 0.320 e. The summed E-state index contributed by atoms with van der Waals surface area (Å²) < 4.78 is 7.37. The van der Waals surface area contributed by atoms with Gasteiger partial charge in [-0.05, 0) is 18.4 Å². The van der Waals surface area contributed by atoms with Crippen LogP contribution in [0.15, 0.2) is 12.7 Å². The number of aliphatic hydroxyl groups is 2. The van der Waals surface area contributed by atoms with Crippen molar-refractivity contribution < 1.29 is 24.9 Å². The zero-order valence-electron chi connectivity index (χ0n) is 15.1. The van der Waals surface area contributed by atoms with E-state index in [2.05, 4.69) is 15.0 Å². The van der Waals surface area contributed by atoms with E-state index in [1.54, 1.807) is 6.26 Å². The Balaban J connectivity index is 1.73. The first-order valence-corrected chi connectivity index (χ1v) is 11.7. The van der Waals surface area contributed by atoms with Crippen LogP contribution in [0.4, 0.5) is 5.82 Å². The Labute approximate surface area is 166 Å². The van der Waals surface area contributed by atoms with E-state index in [1.807, 2.05) is 0 Å². The second-order valence-electron chi connectivity index (χ2n) is 6.89. The van der Waals surface area contributed by atoms with Crippen molar-refractivity contribution in [2.24, 2.45) is 5.73 Å². The van der Waals surface area contributed by atoms with Gasteiger partial charge in [0.25, 0.3) is 0 Å². The molecule has 1 saturated heterocycles. The standard InChI is InChI=1S/C15H23ClN6O5S/c1-28(16,3-2-7(17)15(25)26)4-8-10(23)11(24)14(27-8)22-6-21-9-12(18)19-5-20-13(9)22/h5-8,10-11,14,23-24H,2-4,17H2,1H3,(H,25,26)(H2,18,19,20)/t7-,8+,10+,11+,14+/m0/s1. The van der Waals surface area contributed by atoms with Crippen molar-refractivity contribution in [3.63, 3.8) is 0 Å². The molecule has 0 spiro atoms. The minimum atomic E-state index is -1.83. The number of carboxylic acids is 1. The maximum absolute atomic E-state index is 10.9. The predicted octanol–water partition coefficient (Wildman–Crippen LogP) is -0.582. The number of hydrogen-bond acceptors (Lipinski definition) is 9. The fraction of sp³-hybridized carbons (Fsp3) is 0.600. The number of nitrogen functional groups attached to an aromatic ring is 1. The number of anilines is 1. The number of nitrogens with two attached hydrogens (primary N) is 2. The summed E-state index contributed by atoms with van der Waals surface area (Å²) >= 11 is 0. The number of carbonyl (C=O) groups is 1. The molecule has 0 radical (unpaired) electrons. The van der Waals surface area contributed by atoms with Crippen LogP contribution in [-0.4, -0.2) is 82.9 Å². The van der Waals surface area contributed by atoms with Crippen molar-refractivity contribution in [1.29, 1.82) is 0 Å². The second kappa shape index (κ2) is 7.97. The summed E-state index contributed by atoms with van der Waals surface area (Å²) in [4.78, 5) is 23.0. The van der Waals surface area contributed by atoms with Crippen LogP contribution in [0.5, 0.6) is 0 Å². The predicted molar refractivity (Wildman–Crippen MR) is 105 cm³/mol. The summed E-state index contributed by atoms with van der Waals surface area (Å²) in [5, 5.41) is 29.8. The molecular weight excluding hydrogens is 412 g/mol. The minimum absolute atomic E-state index is 0.195. The molecule has 2 aromatic heterocycles. The lowest BCUT2D eigenvalue weighted by atomic mass is 10.1. The first-order valence-electron chi connectivity index (χ1n) is 8.47. The molecule has 11 nitrogen and oxygen atoms in total. The van der Waals surface area contributed by atoms with E-state index in [0.29, 0.717) is 16.9 Å². The monoisotopic (exact) mass is 434 g/mol. The lowest BCUT2D eigenvalue weighted by Gasteiger charge is -2.32. The third kappa shape index (κ3) is 4.16. The highest BCUT2D eigenvalue weighted by molar-refractivity contribution is 8.50. The Hall–Kier alpha value is -1.70. The highest BCUT2D eigenvalue weighted by Gasteiger charge is 2.45. The molecule has 3 heterocycles. The molecule has 1 aliphatic heterocycles. The summed E-state index contributed by atoms with van der Waals surface area (Å²) in [5.74, 6) is -0.249. The number of aliphatic carboxylic acids is 1. The molecule has 0 bridgehead atoms. The number of fused-ring (bicyclic) bond motifs is 1. The average Bonchev–Trinajstić information content (AvgIpc) is 3.17. The number of carboxylic acid groups (broad SMARTS) is 1. The quantitative estimate of drug-likeness (QED) is 0.377. The average molecular weight is 435 g/mol. The second-order valence-corrected chi connectivity index (χ2v) is 12.2. The maximum atomic E-state index is 10.9. The molecule has 0 aliphatic carbocycles. The fourth-order valence-electron chi connectivity index (χ4n) is 3.07. The Morgan fingerprint density at radius 2 is 2.11 bits per heavy atom. The third-order valence-electron chi connectivity index (χ3n) is 4.68. The van der Waals surface area contributed by atoms with Crippen molar-refractivity contribution in [2.75, 3.05) is 23.5 Å². The Morgan fingerprint density at radius 3 is 2.79 bits per heavy atom. The van der Waals surface area contributed by atoms with Gasteiger partial charge in [0.05, 0.1) is 12.4 Å². The Morgan fingerprint density at radius 1 is 1.39 bits per heavy atom. The highest BCUT2D eigenvalue weighted by atomic mass is 35.7. The summed E-state index contributed by atoms with van der Waals surface area (Å²) in [7, 11) is 4.74. The molecule has 1 unspecified atom stereocenters. The van der Waals surface area contributed by atoms with E-state index < -0.39 is 45.8 Å². The van der Waals surface area contributed by atoms with Crippen LogP contribution in [0.3, 0.4) is 0 Å². The van der Waals surface area contributed by atoms with Crippen molar-refractivity contribution >= 4 is 42.9 Å². The van der Waals surface area contributed by atoms with E-state index in [0.717, 1.165) is 0 Å². The lowest BCUT2D eigenvalue weighted by Crippen LogP contribution is -2.35. The highest BCUT2D eigenvalue weighted by Crippen LogP contribution is 2.52. The van der Waals surface area contributed by atoms with Crippen LogP contribution in [0, 0.1) is 0 Å². The normalized spacial score (nSPS) is 29.5. The molecule has 0 aromatic carbocycles. The number of ether oxygens (including phenoxy) is 1. The molecule has 3 rings (SSSR count). The van der Waals surface area contributed by atoms with Crippen LogP contribution < -0.4 is 11.5 Å². The first kappa shape index (κ1) is 21.0. The molecule has 156 valence electrons. The van der Waals surface area contributed by atoms with Gasteiger partial charge in [-0.3, -0.25) is 9.36 Å². The number of nitrogens with zero attached hydrogens (tertiary/aromatic N) is 4. The Kier molecular flexibility index (Phi) is 5.98. The topological polar surface area (TPSA) is 183 Å². The number of aliphatic hydroxyl groups excluding tert-OH is 2. The van der Waals surface area contributed by atoms with Gasteiger partial charge in [-0.2, -0.15) is 9.24 Å². The number of rotatable bonds is 7. The van der Waals surface area contributed by atoms with Gasteiger partial charge in [-0.25, -0.2) is 15.0 Å². The van der Waals surface area contributed by atoms with Crippen LogP contribution in [-0.2, 0) is 9.53 Å². The van der Waals surface area contributed by atoms with Crippen LogP contribution in [0.1, 0.15) is 12.6 Å². The molecular formula is C15H23ClN6O5S. The maximum Gasteiger partial charge on any atom is 0.320 e. The summed E-state index contributed by atoms with van der Waals surface area (Å²) in [6, 6.07) is -0.999. The van der Waals surface area contributed by atoms with E-state index in [1.165, 1.54) is 17.2 Å². The SMILES string of the molecule is CS(Cl)(CC[C@H](N)C(=O)O)C[C@H]1O[C@@H](n2cnc3c(N)ncnc32)[C@H](O)[C@@H]1O. The fourth-order valence-corrected chi connectivity index (χ4v) is 5.59. The number of imidazole rings is 1. The van der Waals surface area contributed by atoms with Gasteiger partial charge in [0, 0.05) is 5.75 Å². The zero-order chi connectivity index (χ0) is 20.6. The van der Waals surface area contributed by atoms with Gasteiger partial charge in [0.1, 0.15) is 30.1 Å². The van der Waals surface area contributed by atoms with E-state index >= 15 is 0 Å². The van der Waals surface area contributed by atoms with Gasteiger partial charge in [0.15, 0.2) is 17.7 Å². The van der Waals surface area contributed by atoms with Crippen molar-refractivity contribution in [3.8, 4) is 0 Å². The summed E-state index contributed by atoms with van der Waals surface area (Å²) in [5.41, 5.74) is 12.0. The van der Waals surface area contributed by atoms with Crippen molar-refractivity contribution in [2.45, 2.75) is 37.0 Å². The Bertz CT molecular complexity index is 867. The van der Waals surface area contributed by atoms with Gasteiger partial charge < -0.3 is 31.5 Å². The minimum Gasteiger partial charge on any atom is -0.480 e. The van der Waals surface area contributed by atoms with Gasteiger partial charge >= 0.3 is 5.97 Å².